The minimum absolute atomic E-state index is 0.0233. The van der Waals surface area contributed by atoms with Gasteiger partial charge in [0.2, 0.25) is 5.90 Å². The molecule has 0 radical (unpaired) electrons. The van der Waals surface area contributed by atoms with Crippen LogP contribution in [-0.4, -0.2) is 28.6 Å². The third kappa shape index (κ3) is 2.30. The van der Waals surface area contributed by atoms with Crippen LogP contribution in [-0.2, 0) is 9.53 Å². The number of carboxylic acid groups (broad SMARTS) is 1. The van der Waals surface area contributed by atoms with Crippen LogP contribution in [0.4, 0.5) is 0 Å². The molecule has 0 saturated heterocycles. The second kappa shape index (κ2) is 4.20. The first kappa shape index (κ1) is 11.6. The Hall–Kier alpha value is -1.84. The molecule has 0 aliphatic carbocycles. The molecule has 0 fully saturated rings. The van der Waals surface area contributed by atoms with Crippen LogP contribution >= 0.6 is 0 Å². The van der Waals surface area contributed by atoms with Gasteiger partial charge >= 0.3 is 5.97 Å². The van der Waals surface area contributed by atoms with Crippen molar-refractivity contribution in [3.8, 4) is 0 Å². The highest BCUT2D eigenvalue weighted by Gasteiger charge is 2.41. The normalized spacial score (nSPS) is 27.4. The molecule has 1 aliphatic heterocycles. The molecule has 1 aliphatic rings. The lowest BCUT2D eigenvalue weighted by Crippen LogP contribution is -2.34. The van der Waals surface area contributed by atoms with Gasteiger partial charge in [-0.3, -0.25) is 4.79 Å². The highest BCUT2D eigenvalue weighted by atomic mass is 16.5. The molecule has 4 nitrogen and oxygen atoms in total. The molecular formula is C13H15NO3. The molecule has 0 bridgehead atoms. The lowest BCUT2D eigenvalue weighted by molar-refractivity contribution is -0.138. The zero-order chi connectivity index (χ0) is 12.5. The number of ether oxygens (including phenoxy) is 1. The molecule has 2 unspecified atom stereocenters. The van der Waals surface area contributed by atoms with E-state index in [2.05, 4.69) is 4.99 Å². The fourth-order valence-electron chi connectivity index (χ4n) is 1.85. The maximum atomic E-state index is 10.8. The van der Waals surface area contributed by atoms with Crippen LogP contribution in [0, 0.1) is 0 Å². The first-order chi connectivity index (χ1) is 8.01. The van der Waals surface area contributed by atoms with Gasteiger partial charge in [-0.25, -0.2) is 4.99 Å². The van der Waals surface area contributed by atoms with E-state index in [1.807, 2.05) is 44.2 Å². The fraction of sp³-hybridized carbons (Fsp3) is 0.385. The Labute approximate surface area is 99.9 Å². The third-order valence-electron chi connectivity index (χ3n) is 3.05. The van der Waals surface area contributed by atoms with Gasteiger partial charge in [-0.2, -0.15) is 0 Å². The second-order valence-electron chi connectivity index (χ2n) is 4.47. The Morgan fingerprint density at radius 1 is 1.47 bits per heavy atom. The Morgan fingerprint density at radius 3 is 2.71 bits per heavy atom. The van der Waals surface area contributed by atoms with Gasteiger partial charge in [0.05, 0.1) is 6.42 Å². The van der Waals surface area contributed by atoms with E-state index in [0.29, 0.717) is 5.90 Å². The quantitative estimate of drug-likeness (QED) is 0.869. The van der Waals surface area contributed by atoms with Gasteiger partial charge in [0.1, 0.15) is 11.6 Å². The van der Waals surface area contributed by atoms with E-state index in [4.69, 9.17) is 9.84 Å². The van der Waals surface area contributed by atoms with E-state index in [1.54, 1.807) is 0 Å². The van der Waals surface area contributed by atoms with Crippen molar-refractivity contribution in [2.24, 2.45) is 4.99 Å². The zero-order valence-electron chi connectivity index (χ0n) is 9.88. The molecule has 1 aromatic rings. The van der Waals surface area contributed by atoms with Gasteiger partial charge in [-0.1, -0.05) is 18.2 Å². The summed E-state index contributed by atoms with van der Waals surface area (Å²) in [6.07, 6.45) is -0.251. The molecule has 4 heteroatoms. The molecule has 1 heterocycles. The Morgan fingerprint density at radius 2 is 2.12 bits per heavy atom. The number of aliphatic imine (C=N–C) groups is 1. The Bertz CT molecular complexity index is 455. The van der Waals surface area contributed by atoms with Crippen molar-refractivity contribution in [2.45, 2.75) is 31.9 Å². The maximum absolute atomic E-state index is 10.8. The Kier molecular flexibility index (Phi) is 2.88. The SMILES string of the molecule is CC1OC(c2ccccc2)=NC1(C)CC(=O)O. The summed E-state index contributed by atoms with van der Waals surface area (Å²) in [7, 11) is 0. The largest absolute Gasteiger partial charge is 0.481 e. The summed E-state index contributed by atoms with van der Waals surface area (Å²) in [4.78, 5) is 15.2. The summed E-state index contributed by atoms with van der Waals surface area (Å²) in [6, 6.07) is 9.52. The van der Waals surface area contributed by atoms with E-state index < -0.39 is 11.5 Å². The monoisotopic (exact) mass is 233 g/mol. The minimum atomic E-state index is -0.860. The zero-order valence-corrected chi connectivity index (χ0v) is 9.88. The molecule has 1 aromatic carbocycles. The molecule has 0 amide bonds. The number of aliphatic carboxylic acids is 1. The van der Waals surface area contributed by atoms with Crippen molar-refractivity contribution in [3.05, 3.63) is 35.9 Å². The van der Waals surface area contributed by atoms with Gasteiger partial charge in [0.15, 0.2) is 0 Å². The number of hydrogen-bond donors (Lipinski definition) is 1. The standard InChI is InChI=1S/C13H15NO3/c1-9-13(2,8-11(15)16)14-12(17-9)10-6-4-3-5-7-10/h3-7,9H,8H2,1-2H3,(H,15,16). The van der Waals surface area contributed by atoms with Crippen LogP contribution in [0.1, 0.15) is 25.8 Å². The average molecular weight is 233 g/mol. The van der Waals surface area contributed by atoms with Crippen LogP contribution < -0.4 is 0 Å². The molecule has 17 heavy (non-hydrogen) atoms. The average Bonchev–Trinajstić information content (AvgIpc) is 2.55. The summed E-state index contributed by atoms with van der Waals surface area (Å²) in [6.45, 7) is 3.66. The summed E-state index contributed by atoms with van der Waals surface area (Å²) in [5.74, 6) is -0.331. The van der Waals surface area contributed by atoms with Gasteiger partial charge < -0.3 is 9.84 Å². The van der Waals surface area contributed by atoms with Crippen molar-refractivity contribution < 1.29 is 14.6 Å². The molecule has 1 N–H and O–H groups in total. The number of carboxylic acids is 1. The Balaban J connectivity index is 2.28. The lowest BCUT2D eigenvalue weighted by atomic mass is 9.93. The van der Waals surface area contributed by atoms with Crippen LogP contribution in [0.15, 0.2) is 35.3 Å². The van der Waals surface area contributed by atoms with Crippen LogP contribution in [0.25, 0.3) is 0 Å². The van der Waals surface area contributed by atoms with Crippen molar-refractivity contribution >= 4 is 11.9 Å². The predicted octanol–water partition coefficient (Wildman–Crippen LogP) is 2.09. The van der Waals surface area contributed by atoms with Gasteiger partial charge in [-0.15, -0.1) is 0 Å². The van der Waals surface area contributed by atoms with Gasteiger partial charge in [-0.05, 0) is 26.0 Å². The first-order valence-electron chi connectivity index (χ1n) is 5.55. The van der Waals surface area contributed by atoms with E-state index in [9.17, 15) is 4.79 Å². The van der Waals surface area contributed by atoms with Crippen molar-refractivity contribution in [3.63, 3.8) is 0 Å². The maximum Gasteiger partial charge on any atom is 0.305 e. The summed E-state index contributed by atoms with van der Waals surface area (Å²) >= 11 is 0. The van der Waals surface area contributed by atoms with Crippen molar-refractivity contribution in [1.82, 2.24) is 0 Å². The number of carbonyl (C=O) groups is 1. The van der Waals surface area contributed by atoms with Crippen LogP contribution in [0.3, 0.4) is 0 Å². The van der Waals surface area contributed by atoms with Crippen LogP contribution in [0.5, 0.6) is 0 Å². The molecule has 2 atom stereocenters. The second-order valence-corrected chi connectivity index (χ2v) is 4.47. The molecular weight excluding hydrogens is 218 g/mol. The smallest absolute Gasteiger partial charge is 0.305 e. The molecule has 0 aromatic heterocycles. The van der Waals surface area contributed by atoms with Gasteiger partial charge in [0, 0.05) is 5.56 Å². The fourth-order valence-corrected chi connectivity index (χ4v) is 1.85. The highest BCUT2D eigenvalue weighted by molar-refractivity contribution is 5.96. The predicted molar refractivity (Wildman–Crippen MR) is 64.2 cm³/mol. The molecule has 0 saturated carbocycles. The summed E-state index contributed by atoms with van der Waals surface area (Å²) in [5.41, 5.74) is 0.199. The molecule has 0 spiro atoms. The number of hydrogen-bond acceptors (Lipinski definition) is 3. The number of nitrogens with zero attached hydrogens (tertiary/aromatic N) is 1. The molecule has 90 valence electrons. The number of benzene rings is 1. The van der Waals surface area contributed by atoms with Crippen LogP contribution in [0.2, 0.25) is 0 Å². The highest BCUT2D eigenvalue weighted by Crippen LogP contribution is 2.30. The topological polar surface area (TPSA) is 58.9 Å². The van der Waals surface area contributed by atoms with Gasteiger partial charge in [0.25, 0.3) is 0 Å². The van der Waals surface area contributed by atoms with E-state index in [1.165, 1.54) is 0 Å². The van der Waals surface area contributed by atoms with E-state index >= 15 is 0 Å². The van der Waals surface area contributed by atoms with Crippen molar-refractivity contribution in [1.29, 1.82) is 0 Å². The summed E-state index contributed by atoms with van der Waals surface area (Å²) in [5, 5.41) is 8.89. The number of rotatable bonds is 3. The third-order valence-corrected chi connectivity index (χ3v) is 3.05. The van der Waals surface area contributed by atoms with Crippen molar-refractivity contribution in [2.75, 3.05) is 0 Å². The molecule has 2 rings (SSSR count). The lowest BCUT2D eigenvalue weighted by Gasteiger charge is -2.22. The van der Waals surface area contributed by atoms with E-state index in [0.717, 1.165) is 5.56 Å². The summed E-state index contributed by atoms with van der Waals surface area (Å²) < 4.78 is 5.65. The minimum Gasteiger partial charge on any atom is -0.481 e. The van der Waals surface area contributed by atoms with E-state index in [-0.39, 0.29) is 12.5 Å². The first-order valence-corrected chi connectivity index (χ1v) is 5.55.